The molecular weight excluding hydrogens is 399 g/mol. The Morgan fingerprint density at radius 1 is 1.04 bits per heavy atom. The zero-order valence-corrected chi connectivity index (χ0v) is 14.0. The number of aromatic nitrogens is 3. The molecule has 4 aromatic rings. The van der Waals surface area contributed by atoms with Crippen LogP contribution >= 0.6 is 15.9 Å². The maximum absolute atomic E-state index is 13.2. The van der Waals surface area contributed by atoms with E-state index in [2.05, 4.69) is 31.1 Å². The molecule has 2 aromatic heterocycles. The van der Waals surface area contributed by atoms with Crippen molar-refractivity contribution in [2.45, 2.75) is 6.18 Å². The summed E-state index contributed by atoms with van der Waals surface area (Å²) < 4.78 is 45.3. The minimum absolute atomic E-state index is 0.121. The summed E-state index contributed by atoms with van der Waals surface area (Å²) in [6.45, 7) is 0. The van der Waals surface area contributed by atoms with Crippen molar-refractivity contribution >= 4 is 27.0 Å². The van der Waals surface area contributed by atoms with E-state index in [1.54, 1.807) is 30.3 Å². The molecule has 4 nitrogen and oxygen atoms in total. The van der Waals surface area contributed by atoms with Crippen LogP contribution < -0.4 is 0 Å². The van der Waals surface area contributed by atoms with Crippen molar-refractivity contribution in [2.24, 2.45) is 0 Å². The molecule has 0 atom stereocenters. The van der Waals surface area contributed by atoms with Crippen LogP contribution in [0.1, 0.15) is 5.56 Å². The standard InChI is InChI=1S/C17H9BrF3N3O/c18-15-8-14(25-24-15)16-22-12-6-5-9(7-13(12)23-16)10-3-1-2-4-11(10)17(19,20)21/h1-8H,(H,22,23). The first-order valence-electron chi connectivity index (χ1n) is 7.21. The first kappa shape index (κ1) is 15.9. The molecule has 0 bridgehead atoms. The minimum Gasteiger partial charge on any atom is -0.352 e. The minimum atomic E-state index is -4.42. The average Bonchev–Trinajstić information content (AvgIpc) is 3.19. The Morgan fingerprint density at radius 2 is 1.84 bits per heavy atom. The number of fused-ring (bicyclic) bond motifs is 1. The van der Waals surface area contributed by atoms with Gasteiger partial charge in [0.2, 0.25) is 5.76 Å². The summed E-state index contributed by atoms with van der Waals surface area (Å²) in [5.74, 6) is 0.884. The number of alkyl halides is 3. The topological polar surface area (TPSA) is 54.7 Å². The number of hydrogen-bond acceptors (Lipinski definition) is 3. The molecule has 2 heterocycles. The second-order valence-corrected chi connectivity index (χ2v) is 6.19. The number of H-pyrrole nitrogens is 1. The lowest BCUT2D eigenvalue weighted by atomic mass is 9.99. The maximum atomic E-state index is 13.2. The summed E-state index contributed by atoms with van der Waals surface area (Å²) in [6.07, 6.45) is -4.42. The van der Waals surface area contributed by atoms with Crippen LogP contribution in [0.25, 0.3) is 33.7 Å². The van der Waals surface area contributed by atoms with E-state index in [-0.39, 0.29) is 5.56 Å². The van der Waals surface area contributed by atoms with Gasteiger partial charge in [-0.15, -0.1) is 0 Å². The Morgan fingerprint density at radius 3 is 2.56 bits per heavy atom. The fourth-order valence-electron chi connectivity index (χ4n) is 2.64. The first-order valence-corrected chi connectivity index (χ1v) is 8.00. The Balaban J connectivity index is 1.83. The summed E-state index contributed by atoms with van der Waals surface area (Å²) in [4.78, 5) is 7.42. The summed E-state index contributed by atoms with van der Waals surface area (Å²) in [7, 11) is 0. The van der Waals surface area contributed by atoms with E-state index in [1.165, 1.54) is 12.1 Å². The number of nitrogens with one attached hydrogen (secondary N) is 1. The van der Waals surface area contributed by atoms with Gasteiger partial charge in [0.05, 0.1) is 16.6 Å². The van der Waals surface area contributed by atoms with Gasteiger partial charge in [-0.3, -0.25) is 0 Å². The van der Waals surface area contributed by atoms with E-state index in [0.717, 1.165) is 6.07 Å². The molecule has 0 aliphatic rings. The molecular formula is C17H9BrF3N3O. The van der Waals surface area contributed by atoms with E-state index in [0.29, 0.717) is 32.8 Å². The zero-order valence-electron chi connectivity index (χ0n) is 12.4. The SMILES string of the molecule is FC(F)(F)c1ccccc1-c1ccc2nc(-c3cc(Br)no3)[nH]c2c1. The number of aromatic amines is 1. The van der Waals surface area contributed by atoms with Gasteiger partial charge in [0.1, 0.15) is 4.60 Å². The average molecular weight is 408 g/mol. The summed E-state index contributed by atoms with van der Waals surface area (Å²) in [5.41, 5.74) is 1.13. The molecule has 0 saturated carbocycles. The van der Waals surface area contributed by atoms with E-state index in [4.69, 9.17) is 4.52 Å². The molecule has 126 valence electrons. The lowest BCUT2D eigenvalue weighted by molar-refractivity contribution is -0.137. The van der Waals surface area contributed by atoms with E-state index < -0.39 is 11.7 Å². The van der Waals surface area contributed by atoms with Gasteiger partial charge in [0.15, 0.2) is 5.82 Å². The third-order valence-corrected chi connectivity index (χ3v) is 4.11. The highest BCUT2D eigenvalue weighted by Gasteiger charge is 2.33. The van der Waals surface area contributed by atoms with Gasteiger partial charge in [-0.25, -0.2) is 4.98 Å². The number of hydrogen-bond donors (Lipinski definition) is 1. The molecule has 2 aromatic carbocycles. The highest BCUT2D eigenvalue weighted by atomic mass is 79.9. The lowest BCUT2D eigenvalue weighted by Gasteiger charge is -2.12. The second kappa shape index (κ2) is 5.73. The Kier molecular flexibility index (Phi) is 3.64. The maximum Gasteiger partial charge on any atom is 0.417 e. The third-order valence-electron chi connectivity index (χ3n) is 3.74. The number of rotatable bonds is 2. The molecule has 0 aliphatic heterocycles. The van der Waals surface area contributed by atoms with Crippen LogP contribution in [0.4, 0.5) is 13.2 Å². The van der Waals surface area contributed by atoms with Crippen molar-refractivity contribution in [1.82, 2.24) is 15.1 Å². The highest BCUT2D eigenvalue weighted by Crippen LogP contribution is 2.37. The van der Waals surface area contributed by atoms with Gasteiger partial charge in [-0.05, 0) is 45.3 Å². The summed E-state index contributed by atoms with van der Waals surface area (Å²) in [6, 6.07) is 12.1. The van der Waals surface area contributed by atoms with E-state index in [1.807, 2.05) is 0 Å². The highest BCUT2D eigenvalue weighted by molar-refractivity contribution is 9.10. The fourth-order valence-corrected chi connectivity index (χ4v) is 2.92. The number of benzene rings is 2. The first-order chi connectivity index (χ1) is 11.9. The molecule has 0 aliphatic carbocycles. The van der Waals surface area contributed by atoms with Crippen molar-refractivity contribution in [3.63, 3.8) is 0 Å². The predicted octanol–water partition coefficient (Wildman–Crippen LogP) is 5.67. The molecule has 0 saturated heterocycles. The number of nitrogens with zero attached hydrogens (tertiary/aromatic N) is 2. The van der Waals surface area contributed by atoms with Crippen LogP contribution in [0.15, 0.2) is 57.7 Å². The van der Waals surface area contributed by atoms with E-state index >= 15 is 0 Å². The smallest absolute Gasteiger partial charge is 0.352 e. The summed E-state index contributed by atoms with van der Waals surface area (Å²) >= 11 is 3.19. The van der Waals surface area contributed by atoms with Gasteiger partial charge >= 0.3 is 6.18 Å². The molecule has 0 radical (unpaired) electrons. The molecule has 25 heavy (non-hydrogen) atoms. The molecule has 0 fully saturated rings. The van der Waals surface area contributed by atoms with Crippen LogP contribution in [0.2, 0.25) is 0 Å². The molecule has 0 spiro atoms. The fraction of sp³-hybridized carbons (Fsp3) is 0.0588. The van der Waals surface area contributed by atoms with Crippen molar-refractivity contribution < 1.29 is 17.7 Å². The van der Waals surface area contributed by atoms with Gasteiger partial charge in [-0.1, -0.05) is 29.4 Å². The summed E-state index contributed by atoms with van der Waals surface area (Å²) in [5, 5.41) is 3.72. The Labute approximate surface area is 147 Å². The number of imidazole rings is 1. The molecule has 8 heteroatoms. The zero-order chi connectivity index (χ0) is 17.6. The van der Waals surface area contributed by atoms with E-state index in [9.17, 15) is 13.2 Å². The molecule has 0 unspecified atom stereocenters. The van der Waals surface area contributed by atoms with Crippen molar-refractivity contribution in [1.29, 1.82) is 0 Å². The van der Waals surface area contributed by atoms with Gasteiger partial charge in [-0.2, -0.15) is 13.2 Å². The third kappa shape index (κ3) is 2.93. The van der Waals surface area contributed by atoms with Crippen LogP contribution in [0.3, 0.4) is 0 Å². The molecule has 1 N–H and O–H groups in total. The van der Waals surface area contributed by atoms with Crippen LogP contribution in [-0.4, -0.2) is 15.1 Å². The quantitative estimate of drug-likeness (QED) is 0.465. The van der Waals surface area contributed by atoms with Crippen LogP contribution in [0, 0.1) is 0 Å². The molecule has 4 rings (SSSR count). The number of halogens is 4. The largest absolute Gasteiger partial charge is 0.417 e. The molecule has 0 amide bonds. The normalized spacial score (nSPS) is 12.0. The van der Waals surface area contributed by atoms with Crippen molar-refractivity contribution in [2.75, 3.05) is 0 Å². The van der Waals surface area contributed by atoms with Gasteiger partial charge in [0, 0.05) is 6.07 Å². The Hall–Kier alpha value is -2.61. The Bertz CT molecular complexity index is 1070. The van der Waals surface area contributed by atoms with Crippen LogP contribution in [0.5, 0.6) is 0 Å². The predicted molar refractivity (Wildman–Crippen MR) is 89.7 cm³/mol. The van der Waals surface area contributed by atoms with Crippen molar-refractivity contribution in [3.8, 4) is 22.7 Å². The van der Waals surface area contributed by atoms with Gasteiger partial charge in [0.25, 0.3) is 0 Å². The lowest BCUT2D eigenvalue weighted by Crippen LogP contribution is -2.06. The monoisotopic (exact) mass is 407 g/mol. The van der Waals surface area contributed by atoms with Gasteiger partial charge < -0.3 is 9.51 Å². The second-order valence-electron chi connectivity index (χ2n) is 5.37. The van der Waals surface area contributed by atoms with Crippen LogP contribution in [-0.2, 0) is 6.18 Å². The van der Waals surface area contributed by atoms with Crippen molar-refractivity contribution in [3.05, 3.63) is 58.7 Å².